The van der Waals surface area contributed by atoms with E-state index >= 15 is 0 Å². The molecule has 0 heterocycles. The minimum absolute atomic E-state index is 0.120. The highest BCUT2D eigenvalue weighted by Crippen LogP contribution is 2.14. The minimum atomic E-state index is -0.120. The van der Waals surface area contributed by atoms with Crippen LogP contribution in [0.3, 0.4) is 0 Å². The number of hydrogen-bond acceptors (Lipinski definition) is 3. The second kappa shape index (κ2) is 8.18. The molecular formula is C16H27NO2. The Labute approximate surface area is 117 Å². The molecule has 3 heteroatoms. The fourth-order valence-electron chi connectivity index (χ4n) is 1.91. The molecule has 1 aromatic rings. The van der Waals surface area contributed by atoms with E-state index in [1.165, 1.54) is 5.56 Å². The maximum Gasteiger partial charge on any atom is 0.119 e. The zero-order chi connectivity index (χ0) is 14.1. The molecule has 0 bridgehead atoms. The van der Waals surface area contributed by atoms with Crippen molar-refractivity contribution in [3.63, 3.8) is 0 Å². The van der Waals surface area contributed by atoms with Crippen molar-refractivity contribution in [1.29, 1.82) is 0 Å². The lowest BCUT2D eigenvalue weighted by atomic mass is 10.1. The van der Waals surface area contributed by atoms with Crippen molar-refractivity contribution in [1.82, 2.24) is 5.32 Å². The summed E-state index contributed by atoms with van der Waals surface area (Å²) >= 11 is 0. The summed E-state index contributed by atoms with van der Waals surface area (Å²) in [6.45, 7) is 11.5. The number of rotatable bonds is 9. The van der Waals surface area contributed by atoms with Gasteiger partial charge in [0.2, 0.25) is 0 Å². The molecule has 0 spiro atoms. The SMILES string of the molecule is CCCOc1cccc(CNCC(C)(C)OCC)c1. The molecule has 0 aliphatic rings. The maximum atomic E-state index is 5.66. The predicted octanol–water partition coefficient (Wildman–Crippen LogP) is 3.38. The summed E-state index contributed by atoms with van der Waals surface area (Å²) < 4.78 is 11.3. The van der Waals surface area contributed by atoms with Crippen LogP contribution in [0.2, 0.25) is 0 Å². The Balaban J connectivity index is 2.40. The first-order valence-electron chi connectivity index (χ1n) is 7.14. The third kappa shape index (κ3) is 6.60. The molecule has 0 aliphatic carbocycles. The molecule has 0 amide bonds. The summed E-state index contributed by atoms with van der Waals surface area (Å²) in [5.74, 6) is 0.949. The molecule has 0 radical (unpaired) electrons. The summed E-state index contributed by atoms with van der Waals surface area (Å²) in [7, 11) is 0. The third-order valence-electron chi connectivity index (χ3n) is 2.79. The highest BCUT2D eigenvalue weighted by atomic mass is 16.5. The van der Waals surface area contributed by atoms with Gasteiger partial charge in [-0.3, -0.25) is 0 Å². The standard InChI is InChI=1S/C16H27NO2/c1-5-10-18-15-9-7-8-14(11-15)12-17-13-16(3,4)19-6-2/h7-9,11,17H,5-6,10,12-13H2,1-4H3. The van der Waals surface area contributed by atoms with Crippen molar-refractivity contribution in [3.8, 4) is 5.75 Å². The third-order valence-corrected chi connectivity index (χ3v) is 2.79. The molecular weight excluding hydrogens is 238 g/mol. The van der Waals surface area contributed by atoms with Crippen molar-refractivity contribution in [2.75, 3.05) is 19.8 Å². The van der Waals surface area contributed by atoms with Crippen LogP contribution in [0.25, 0.3) is 0 Å². The highest BCUT2D eigenvalue weighted by molar-refractivity contribution is 5.28. The van der Waals surface area contributed by atoms with Gasteiger partial charge in [0.25, 0.3) is 0 Å². The van der Waals surface area contributed by atoms with Gasteiger partial charge in [-0.1, -0.05) is 19.1 Å². The topological polar surface area (TPSA) is 30.5 Å². The molecule has 1 N–H and O–H groups in total. The molecule has 0 aliphatic heterocycles. The first kappa shape index (κ1) is 16.0. The zero-order valence-electron chi connectivity index (χ0n) is 12.7. The first-order valence-corrected chi connectivity index (χ1v) is 7.14. The van der Waals surface area contributed by atoms with E-state index in [1.807, 2.05) is 19.1 Å². The Morgan fingerprint density at radius 2 is 2.00 bits per heavy atom. The average molecular weight is 265 g/mol. The fourth-order valence-corrected chi connectivity index (χ4v) is 1.91. The van der Waals surface area contributed by atoms with Crippen molar-refractivity contribution in [3.05, 3.63) is 29.8 Å². The Bertz CT molecular complexity index is 364. The van der Waals surface area contributed by atoms with Crippen LogP contribution in [0.1, 0.15) is 39.7 Å². The molecule has 19 heavy (non-hydrogen) atoms. The van der Waals surface area contributed by atoms with E-state index in [0.29, 0.717) is 0 Å². The monoisotopic (exact) mass is 265 g/mol. The van der Waals surface area contributed by atoms with E-state index < -0.39 is 0 Å². The lowest BCUT2D eigenvalue weighted by Crippen LogP contribution is -2.37. The van der Waals surface area contributed by atoms with Crippen molar-refractivity contribution >= 4 is 0 Å². The lowest BCUT2D eigenvalue weighted by molar-refractivity contribution is -0.00897. The van der Waals surface area contributed by atoms with E-state index in [9.17, 15) is 0 Å². The van der Waals surface area contributed by atoms with Gasteiger partial charge in [0.05, 0.1) is 12.2 Å². The van der Waals surface area contributed by atoms with Gasteiger partial charge in [-0.25, -0.2) is 0 Å². The smallest absolute Gasteiger partial charge is 0.119 e. The van der Waals surface area contributed by atoms with E-state index in [4.69, 9.17) is 9.47 Å². The predicted molar refractivity (Wildman–Crippen MR) is 79.6 cm³/mol. The minimum Gasteiger partial charge on any atom is -0.494 e. The number of nitrogens with one attached hydrogen (secondary N) is 1. The van der Waals surface area contributed by atoms with Crippen molar-refractivity contribution < 1.29 is 9.47 Å². The Morgan fingerprint density at radius 3 is 2.68 bits per heavy atom. The maximum absolute atomic E-state index is 5.66. The summed E-state index contributed by atoms with van der Waals surface area (Å²) in [6, 6.07) is 8.24. The average Bonchev–Trinajstić information content (AvgIpc) is 2.36. The van der Waals surface area contributed by atoms with Gasteiger partial charge in [-0.05, 0) is 44.9 Å². The van der Waals surface area contributed by atoms with Crippen molar-refractivity contribution in [2.24, 2.45) is 0 Å². The van der Waals surface area contributed by atoms with Gasteiger partial charge in [0.1, 0.15) is 5.75 Å². The fraction of sp³-hybridized carbons (Fsp3) is 0.625. The Hall–Kier alpha value is -1.06. The second-order valence-corrected chi connectivity index (χ2v) is 5.29. The normalized spacial score (nSPS) is 11.6. The number of ether oxygens (including phenoxy) is 2. The summed E-state index contributed by atoms with van der Waals surface area (Å²) in [6.07, 6.45) is 1.03. The summed E-state index contributed by atoms with van der Waals surface area (Å²) in [5, 5.41) is 3.43. The summed E-state index contributed by atoms with van der Waals surface area (Å²) in [4.78, 5) is 0. The van der Waals surface area contributed by atoms with Crippen LogP contribution in [0, 0.1) is 0 Å². The van der Waals surface area contributed by atoms with E-state index in [-0.39, 0.29) is 5.60 Å². The molecule has 0 saturated heterocycles. The highest BCUT2D eigenvalue weighted by Gasteiger charge is 2.16. The molecule has 0 unspecified atom stereocenters. The molecule has 1 rings (SSSR count). The second-order valence-electron chi connectivity index (χ2n) is 5.29. The van der Waals surface area contributed by atoms with Crippen LogP contribution >= 0.6 is 0 Å². The molecule has 108 valence electrons. The zero-order valence-corrected chi connectivity index (χ0v) is 12.7. The first-order chi connectivity index (χ1) is 9.07. The molecule has 0 fully saturated rings. The van der Waals surface area contributed by atoms with E-state index in [0.717, 1.165) is 38.5 Å². The lowest BCUT2D eigenvalue weighted by Gasteiger charge is -2.25. The van der Waals surface area contributed by atoms with E-state index in [1.54, 1.807) is 0 Å². The van der Waals surface area contributed by atoms with Crippen LogP contribution < -0.4 is 10.1 Å². The number of hydrogen-bond donors (Lipinski definition) is 1. The van der Waals surface area contributed by atoms with Crippen LogP contribution in [-0.4, -0.2) is 25.4 Å². The van der Waals surface area contributed by atoms with E-state index in [2.05, 4.69) is 38.2 Å². The van der Waals surface area contributed by atoms with Crippen LogP contribution in [-0.2, 0) is 11.3 Å². The molecule has 0 atom stereocenters. The van der Waals surface area contributed by atoms with Gasteiger partial charge in [-0.2, -0.15) is 0 Å². The molecule has 0 saturated carbocycles. The molecule has 1 aromatic carbocycles. The molecule has 0 aromatic heterocycles. The molecule has 3 nitrogen and oxygen atoms in total. The van der Waals surface area contributed by atoms with Gasteiger partial charge in [0, 0.05) is 19.7 Å². The number of benzene rings is 1. The Kier molecular flexibility index (Phi) is 6.89. The van der Waals surface area contributed by atoms with Crippen LogP contribution in [0.4, 0.5) is 0 Å². The quantitative estimate of drug-likeness (QED) is 0.742. The van der Waals surface area contributed by atoms with Gasteiger partial charge >= 0.3 is 0 Å². The van der Waals surface area contributed by atoms with Crippen LogP contribution in [0.15, 0.2) is 24.3 Å². The summed E-state index contributed by atoms with van der Waals surface area (Å²) in [5.41, 5.74) is 1.12. The largest absolute Gasteiger partial charge is 0.494 e. The van der Waals surface area contributed by atoms with Crippen LogP contribution in [0.5, 0.6) is 5.75 Å². The Morgan fingerprint density at radius 1 is 1.21 bits per heavy atom. The van der Waals surface area contributed by atoms with Gasteiger partial charge in [-0.15, -0.1) is 0 Å². The van der Waals surface area contributed by atoms with Gasteiger partial charge < -0.3 is 14.8 Å². The van der Waals surface area contributed by atoms with Gasteiger partial charge in [0.15, 0.2) is 0 Å². The van der Waals surface area contributed by atoms with Crippen molar-refractivity contribution in [2.45, 2.75) is 46.3 Å².